The van der Waals surface area contributed by atoms with Gasteiger partial charge in [-0.2, -0.15) is 5.10 Å². The van der Waals surface area contributed by atoms with Crippen LogP contribution in [0.15, 0.2) is 18.2 Å². The second-order valence-corrected chi connectivity index (χ2v) is 3.91. The fourth-order valence-electron chi connectivity index (χ4n) is 1.71. The Kier molecular flexibility index (Phi) is 2.23. The summed E-state index contributed by atoms with van der Waals surface area (Å²) in [7, 11) is 0. The maximum atomic E-state index is 5.82. The van der Waals surface area contributed by atoms with Gasteiger partial charge in [0.1, 0.15) is 0 Å². The minimum Gasteiger partial charge on any atom is -0.382 e. The minimum atomic E-state index is 0.566. The molecule has 2 rings (SSSR count). The Balaban J connectivity index is 2.59. The summed E-state index contributed by atoms with van der Waals surface area (Å²) in [6.45, 7) is 6.18. The average Bonchev–Trinajstić information content (AvgIpc) is 2.52. The number of nitrogens with zero attached hydrogens (tertiary/aromatic N) is 1. The molecule has 0 atom stereocenters. The van der Waals surface area contributed by atoms with Crippen LogP contribution < -0.4 is 5.73 Å². The summed E-state index contributed by atoms with van der Waals surface area (Å²) in [4.78, 5) is 0. The molecule has 0 fully saturated rings. The predicted molar refractivity (Wildman–Crippen MR) is 62.6 cm³/mol. The standard InChI is InChI=1S/C12H15N3/c1-7-4-5-10(6-8(7)2)11-9(3)14-15-12(11)13/h4-6H,1-3H3,(H3,13,14,15). The minimum absolute atomic E-state index is 0.566. The Bertz CT molecular complexity index is 478. The Hall–Kier alpha value is -1.77. The smallest absolute Gasteiger partial charge is 0.153 e. The van der Waals surface area contributed by atoms with Crippen LogP contribution in [0, 0.1) is 20.8 Å². The molecule has 3 nitrogen and oxygen atoms in total. The highest BCUT2D eigenvalue weighted by Crippen LogP contribution is 2.28. The van der Waals surface area contributed by atoms with Crippen molar-refractivity contribution in [2.75, 3.05) is 5.73 Å². The number of benzene rings is 1. The molecule has 0 unspecified atom stereocenters. The van der Waals surface area contributed by atoms with Crippen LogP contribution in [0.2, 0.25) is 0 Å². The number of hydrogen-bond donors (Lipinski definition) is 2. The van der Waals surface area contributed by atoms with Crippen molar-refractivity contribution in [1.82, 2.24) is 10.2 Å². The highest BCUT2D eigenvalue weighted by molar-refractivity contribution is 5.76. The Morgan fingerprint density at radius 3 is 2.40 bits per heavy atom. The maximum absolute atomic E-state index is 5.82. The van der Waals surface area contributed by atoms with Crippen LogP contribution in [0.1, 0.15) is 16.8 Å². The first kappa shape index (κ1) is 9.77. The number of aromatic nitrogens is 2. The molecular formula is C12H15N3. The highest BCUT2D eigenvalue weighted by atomic mass is 15.2. The molecule has 1 aromatic heterocycles. The molecule has 3 N–H and O–H groups in total. The predicted octanol–water partition coefficient (Wildman–Crippen LogP) is 2.58. The normalized spacial score (nSPS) is 10.6. The van der Waals surface area contributed by atoms with Gasteiger partial charge in [0.2, 0.25) is 0 Å². The van der Waals surface area contributed by atoms with Crippen molar-refractivity contribution in [3.05, 3.63) is 35.0 Å². The molecule has 0 saturated carbocycles. The third-order valence-electron chi connectivity index (χ3n) is 2.77. The molecule has 15 heavy (non-hydrogen) atoms. The lowest BCUT2D eigenvalue weighted by molar-refractivity contribution is 1.05. The van der Waals surface area contributed by atoms with Crippen molar-refractivity contribution in [2.45, 2.75) is 20.8 Å². The summed E-state index contributed by atoms with van der Waals surface area (Å²) in [5.74, 6) is 0.566. The van der Waals surface area contributed by atoms with Gasteiger partial charge in [0.15, 0.2) is 5.82 Å². The van der Waals surface area contributed by atoms with Crippen LogP contribution >= 0.6 is 0 Å². The van der Waals surface area contributed by atoms with Gasteiger partial charge in [0, 0.05) is 11.3 Å². The topological polar surface area (TPSA) is 54.7 Å². The van der Waals surface area contributed by atoms with Crippen molar-refractivity contribution < 1.29 is 0 Å². The van der Waals surface area contributed by atoms with Crippen LogP contribution in [0.25, 0.3) is 11.1 Å². The summed E-state index contributed by atoms with van der Waals surface area (Å²) < 4.78 is 0. The molecule has 0 aliphatic rings. The fraction of sp³-hybridized carbons (Fsp3) is 0.250. The number of nitrogen functional groups attached to an aromatic ring is 1. The van der Waals surface area contributed by atoms with Gasteiger partial charge in [-0.1, -0.05) is 18.2 Å². The van der Waals surface area contributed by atoms with E-state index in [1.807, 2.05) is 6.92 Å². The van der Waals surface area contributed by atoms with Crippen molar-refractivity contribution in [2.24, 2.45) is 0 Å². The van der Waals surface area contributed by atoms with Gasteiger partial charge in [-0.15, -0.1) is 0 Å². The van der Waals surface area contributed by atoms with Crippen LogP contribution in [-0.4, -0.2) is 10.2 Å². The molecule has 3 heteroatoms. The van der Waals surface area contributed by atoms with E-state index in [1.165, 1.54) is 11.1 Å². The van der Waals surface area contributed by atoms with E-state index in [1.54, 1.807) is 0 Å². The van der Waals surface area contributed by atoms with E-state index in [-0.39, 0.29) is 0 Å². The SMILES string of the molecule is Cc1ccc(-c2c(N)n[nH]c2C)cc1C. The lowest BCUT2D eigenvalue weighted by atomic mass is 10.0. The van der Waals surface area contributed by atoms with Gasteiger partial charge in [0.05, 0.1) is 0 Å². The molecule has 0 spiro atoms. The highest BCUT2D eigenvalue weighted by Gasteiger charge is 2.09. The third-order valence-corrected chi connectivity index (χ3v) is 2.77. The van der Waals surface area contributed by atoms with Crippen LogP contribution in [-0.2, 0) is 0 Å². The second kappa shape index (κ2) is 3.42. The Labute approximate surface area is 89.3 Å². The van der Waals surface area contributed by atoms with Crippen molar-refractivity contribution in [1.29, 1.82) is 0 Å². The first-order chi connectivity index (χ1) is 7.09. The first-order valence-electron chi connectivity index (χ1n) is 4.97. The van der Waals surface area contributed by atoms with E-state index in [0.717, 1.165) is 16.8 Å². The quantitative estimate of drug-likeness (QED) is 0.745. The van der Waals surface area contributed by atoms with Gasteiger partial charge in [-0.25, -0.2) is 0 Å². The van der Waals surface area contributed by atoms with Crippen LogP contribution in [0.3, 0.4) is 0 Å². The molecule has 0 aliphatic carbocycles. The van der Waals surface area contributed by atoms with E-state index < -0.39 is 0 Å². The summed E-state index contributed by atoms with van der Waals surface area (Å²) in [6.07, 6.45) is 0. The Morgan fingerprint density at radius 2 is 1.87 bits per heavy atom. The summed E-state index contributed by atoms with van der Waals surface area (Å²) in [5.41, 5.74) is 11.5. The lowest BCUT2D eigenvalue weighted by Gasteiger charge is -2.05. The van der Waals surface area contributed by atoms with Crippen molar-refractivity contribution in [3.63, 3.8) is 0 Å². The monoisotopic (exact) mass is 201 g/mol. The van der Waals surface area contributed by atoms with Crippen LogP contribution in [0.5, 0.6) is 0 Å². The number of aromatic amines is 1. The summed E-state index contributed by atoms with van der Waals surface area (Å²) in [6, 6.07) is 6.33. The van der Waals surface area contributed by atoms with E-state index in [0.29, 0.717) is 5.82 Å². The lowest BCUT2D eigenvalue weighted by Crippen LogP contribution is -1.90. The number of nitrogens with one attached hydrogen (secondary N) is 1. The van der Waals surface area contributed by atoms with Crippen LogP contribution in [0.4, 0.5) is 5.82 Å². The molecule has 0 amide bonds. The maximum Gasteiger partial charge on any atom is 0.153 e. The first-order valence-corrected chi connectivity index (χ1v) is 4.97. The second-order valence-electron chi connectivity index (χ2n) is 3.91. The molecular weight excluding hydrogens is 186 g/mol. The van der Waals surface area contributed by atoms with Crippen molar-refractivity contribution in [3.8, 4) is 11.1 Å². The number of rotatable bonds is 1. The summed E-state index contributed by atoms with van der Waals surface area (Å²) >= 11 is 0. The molecule has 2 aromatic rings. The zero-order chi connectivity index (χ0) is 11.0. The number of anilines is 1. The van der Waals surface area contributed by atoms with Crippen molar-refractivity contribution >= 4 is 5.82 Å². The van der Waals surface area contributed by atoms with E-state index in [9.17, 15) is 0 Å². The van der Waals surface area contributed by atoms with Gasteiger partial charge < -0.3 is 5.73 Å². The number of hydrogen-bond acceptors (Lipinski definition) is 2. The molecule has 0 bridgehead atoms. The van der Waals surface area contributed by atoms with Gasteiger partial charge in [0.25, 0.3) is 0 Å². The molecule has 1 aromatic carbocycles. The van der Waals surface area contributed by atoms with Gasteiger partial charge in [-0.05, 0) is 37.5 Å². The zero-order valence-electron chi connectivity index (χ0n) is 9.26. The number of aryl methyl sites for hydroxylation is 3. The van der Waals surface area contributed by atoms with E-state index in [4.69, 9.17) is 5.73 Å². The molecule has 0 radical (unpaired) electrons. The summed E-state index contributed by atoms with van der Waals surface area (Å²) in [5, 5.41) is 6.89. The fourth-order valence-corrected chi connectivity index (χ4v) is 1.71. The molecule has 1 heterocycles. The molecule has 78 valence electrons. The largest absolute Gasteiger partial charge is 0.382 e. The van der Waals surface area contributed by atoms with E-state index in [2.05, 4.69) is 42.2 Å². The number of H-pyrrole nitrogens is 1. The third kappa shape index (κ3) is 1.61. The van der Waals surface area contributed by atoms with Gasteiger partial charge >= 0.3 is 0 Å². The van der Waals surface area contributed by atoms with E-state index >= 15 is 0 Å². The molecule has 0 aliphatic heterocycles. The van der Waals surface area contributed by atoms with Gasteiger partial charge in [-0.3, -0.25) is 5.10 Å². The Morgan fingerprint density at radius 1 is 1.13 bits per heavy atom. The average molecular weight is 201 g/mol. The number of nitrogens with two attached hydrogens (primary N) is 1. The molecule has 0 saturated heterocycles. The zero-order valence-corrected chi connectivity index (χ0v) is 9.26.